The molecule has 0 amide bonds. The van der Waals surface area contributed by atoms with Crippen LogP contribution in [0.25, 0.3) is 0 Å². The molecule has 0 saturated heterocycles. The standard InChI is InChI=1S/C10H18O5S/c1-16-6-4-2-3-5-10(15,9(13)14)7-8(11)12/h15H,2-7H2,1H3,(H,11,12)(H,13,14)/t10-/m0/s1. The molecule has 0 fully saturated rings. The third-order valence-electron chi connectivity index (χ3n) is 2.28. The predicted molar refractivity (Wildman–Crippen MR) is 61.7 cm³/mol. The second kappa shape index (κ2) is 7.51. The third kappa shape index (κ3) is 5.97. The average molecular weight is 250 g/mol. The Morgan fingerprint density at radius 2 is 1.81 bits per heavy atom. The summed E-state index contributed by atoms with van der Waals surface area (Å²) in [6.07, 6.45) is 3.50. The summed E-state index contributed by atoms with van der Waals surface area (Å²) in [6, 6.07) is 0. The number of carboxylic acid groups (broad SMARTS) is 2. The van der Waals surface area contributed by atoms with Gasteiger partial charge < -0.3 is 15.3 Å². The van der Waals surface area contributed by atoms with Crippen LogP contribution < -0.4 is 0 Å². The molecule has 3 N–H and O–H groups in total. The van der Waals surface area contributed by atoms with E-state index in [0.717, 1.165) is 18.6 Å². The first-order valence-corrected chi connectivity index (χ1v) is 6.48. The Labute approximate surface area is 98.9 Å². The maximum Gasteiger partial charge on any atom is 0.336 e. The number of thioether (sulfide) groups is 1. The number of carboxylic acids is 2. The molecule has 6 heteroatoms. The van der Waals surface area contributed by atoms with Crippen LogP contribution in [-0.4, -0.2) is 44.9 Å². The van der Waals surface area contributed by atoms with Gasteiger partial charge in [0.05, 0.1) is 6.42 Å². The molecule has 0 saturated carbocycles. The maximum atomic E-state index is 10.8. The zero-order chi connectivity index (χ0) is 12.6. The number of unbranched alkanes of at least 4 members (excludes halogenated alkanes) is 2. The molecule has 0 aliphatic heterocycles. The molecule has 0 aromatic carbocycles. The van der Waals surface area contributed by atoms with Gasteiger partial charge in [0.25, 0.3) is 0 Å². The Morgan fingerprint density at radius 3 is 2.25 bits per heavy atom. The van der Waals surface area contributed by atoms with Gasteiger partial charge in [0.1, 0.15) is 0 Å². The Balaban J connectivity index is 4.03. The molecule has 0 aliphatic rings. The van der Waals surface area contributed by atoms with Crippen molar-refractivity contribution in [1.29, 1.82) is 0 Å². The van der Waals surface area contributed by atoms with Crippen LogP contribution in [0.2, 0.25) is 0 Å². The first-order valence-electron chi connectivity index (χ1n) is 5.09. The summed E-state index contributed by atoms with van der Waals surface area (Å²) < 4.78 is 0. The molecule has 0 radical (unpaired) electrons. The van der Waals surface area contributed by atoms with E-state index >= 15 is 0 Å². The normalized spacial score (nSPS) is 14.4. The van der Waals surface area contributed by atoms with Crippen molar-refractivity contribution in [3.05, 3.63) is 0 Å². The quantitative estimate of drug-likeness (QED) is 0.532. The van der Waals surface area contributed by atoms with E-state index in [0.29, 0.717) is 6.42 Å². The van der Waals surface area contributed by atoms with Crippen LogP contribution in [0.4, 0.5) is 0 Å². The fourth-order valence-corrected chi connectivity index (χ4v) is 1.85. The number of aliphatic hydroxyl groups is 1. The smallest absolute Gasteiger partial charge is 0.336 e. The van der Waals surface area contributed by atoms with Crippen LogP contribution in [-0.2, 0) is 9.59 Å². The summed E-state index contributed by atoms with van der Waals surface area (Å²) in [7, 11) is 0. The molecule has 1 atom stereocenters. The Bertz CT molecular complexity index is 243. The summed E-state index contributed by atoms with van der Waals surface area (Å²) in [5, 5.41) is 26.9. The molecule has 0 aromatic heterocycles. The SMILES string of the molecule is CSCCCCC[C@](O)(CC(=O)O)C(=O)O. The monoisotopic (exact) mass is 250 g/mol. The topological polar surface area (TPSA) is 94.8 Å². The largest absolute Gasteiger partial charge is 0.481 e. The molecule has 0 aromatic rings. The molecular weight excluding hydrogens is 232 g/mol. The van der Waals surface area contributed by atoms with Crippen molar-refractivity contribution in [3.8, 4) is 0 Å². The highest BCUT2D eigenvalue weighted by Gasteiger charge is 2.37. The molecule has 0 heterocycles. The Kier molecular flexibility index (Phi) is 7.16. The molecule has 94 valence electrons. The second-order valence-electron chi connectivity index (χ2n) is 3.71. The van der Waals surface area contributed by atoms with Crippen molar-refractivity contribution in [2.45, 2.75) is 37.7 Å². The minimum atomic E-state index is -2.12. The van der Waals surface area contributed by atoms with Gasteiger partial charge in [-0.05, 0) is 31.3 Å². The van der Waals surface area contributed by atoms with Crippen molar-refractivity contribution in [2.24, 2.45) is 0 Å². The lowest BCUT2D eigenvalue weighted by Gasteiger charge is -2.21. The predicted octanol–water partition coefficient (Wildman–Crippen LogP) is 1.20. The molecule has 5 nitrogen and oxygen atoms in total. The van der Waals surface area contributed by atoms with E-state index in [4.69, 9.17) is 10.2 Å². The summed E-state index contributed by atoms with van der Waals surface area (Å²) in [4.78, 5) is 21.2. The first kappa shape index (κ1) is 15.2. The second-order valence-corrected chi connectivity index (χ2v) is 4.70. The zero-order valence-electron chi connectivity index (χ0n) is 9.31. The van der Waals surface area contributed by atoms with Gasteiger partial charge >= 0.3 is 11.9 Å². The molecule has 0 rings (SSSR count). The van der Waals surface area contributed by atoms with Gasteiger partial charge in [-0.15, -0.1) is 0 Å². The van der Waals surface area contributed by atoms with Crippen molar-refractivity contribution >= 4 is 23.7 Å². The first-order chi connectivity index (χ1) is 7.42. The highest BCUT2D eigenvalue weighted by atomic mass is 32.2. The van der Waals surface area contributed by atoms with Crippen LogP contribution in [0.3, 0.4) is 0 Å². The van der Waals surface area contributed by atoms with E-state index in [9.17, 15) is 14.7 Å². The van der Waals surface area contributed by atoms with Crippen LogP contribution in [0.5, 0.6) is 0 Å². The van der Waals surface area contributed by atoms with Gasteiger partial charge in [0.2, 0.25) is 0 Å². The van der Waals surface area contributed by atoms with E-state index in [2.05, 4.69) is 0 Å². The van der Waals surface area contributed by atoms with Gasteiger partial charge in [-0.25, -0.2) is 4.79 Å². The van der Waals surface area contributed by atoms with Crippen LogP contribution >= 0.6 is 11.8 Å². The fourth-order valence-electron chi connectivity index (χ4n) is 1.36. The highest BCUT2D eigenvalue weighted by Crippen LogP contribution is 2.20. The number of carbonyl (C=O) groups is 2. The third-order valence-corrected chi connectivity index (χ3v) is 2.98. The summed E-state index contributed by atoms with van der Waals surface area (Å²) >= 11 is 1.70. The Hall–Kier alpha value is -0.750. The lowest BCUT2D eigenvalue weighted by atomic mass is 9.93. The van der Waals surface area contributed by atoms with Crippen molar-refractivity contribution in [1.82, 2.24) is 0 Å². The number of aliphatic carboxylic acids is 2. The van der Waals surface area contributed by atoms with Gasteiger partial charge in [0, 0.05) is 0 Å². The van der Waals surface area contributed by atoms with E-state index in [-0.39, 0.29) is 6.42 Å². The molecule has 16 heavy (non-hydrogen) atoms. The van der Waals surface area contributed by atoms with E-state index in [1.54, 1.807) is 11.8 Å². The lowest BCUT2D eigenvalue weighted by molar-refractivity contribution is -0.166. The molecule has 0 unspecified atom stereocenters. The van der Waals surface area contributed by atoms with Crippen molar-refractivity contribution < 1.29 is 24.9 Å². The van der Waals surface area contributed by atoms with Crippen LogP contribution in [0.15, 0.2) is 0 Å². The summed E-state index contributed by atoms with van der Waals surface area (Å²) in [5.74, 6) is -1.77. The summed E-state index contributed by atoms with van der Waals surface area (Å²) in [6.45, 7) is 0. The van der Waals surface area contributed by atoms with Gasteiger partial charge in [0.15, 0.2) is 5.60 Å². The lowest BCUT2D eigenvalue weighted by Crippen LogP contribution is -2.40. The number of rotatable bonds is 9. The van der Waals surface area contributed by atoms with Crippen molar-refractivity contribution in [2.75, 3.05) is 12.0 Å². The number of hydrogen-bond donors (Lipinski definition) is 3. The highest BCUT2D eigenvalue weighted by molar-refractivity contribution is 7.98. The average Bonchev–Trinajstić information content (AvgIpc) is 2.16. The molecule has 0 bridgehead atoms. The molecule has 0 spiro atoms. The van der Waals surface area contributed by atoms with Crippen LogP contribution in [0.1, 0.15) is 32.1 Å². The zero-order valence-corrected chi connectivity index (χ0v) is 10.1. The molecular formula is C10H18O5S. The fraction of sp³-hybridized carbons (Fsp3) is 0.800. The maximum absolute atomic E-state index is 10.8. The van der Waals surface area contributed by atoms with Crippen molar-refractivity contribution in [3.63, 3.8) is 0 Å². The van der Waals surface area contributed by atoms with Crippen LogP contribution in [0, 0.1) is 0 Å². The van der Waals surface area contributed by atoms with E-state index < -0.39 is 24.0 Å². The Morgan fingerprint density at radius 1 is 1.19 bits per heavy atom. The minimum Gasteiger partial charge on any atom is -0.481 e. The van der Waals surface area contributed by atoms with E-state index in [1.165, 1.54) is 0 Å². The minimum absolute atomic E-state index is 0.0109. The van der Waals surface area contributed by atoms with E-state index in [1.807, 2.05) is 6.26 Å². The van der Waals surface area contributed by atoms with Gasteiger partial charge in [-0.2, -0.15) is 11.8 Å². The van der Waals surface area contributed by atoms with Gasteiger partial charge in [-0.3, -0.25) is 4.79 Å². The molecule has 0 aliphatic carbocycles. The van der Waals surface area contributed by atoms with Gasteiger partial charge in [-0.1, -0.05) is 6.42 Å². The number of hydrogen-bond acceptors (Lipinski definition) is 4. The summed E-state index contributed by atoms with van der Waals surface area (Å²) in [5.41, 5.74) is -2.12.